The van der Waals surface area contributed by atoms with E-state index >= 15 is 0 Å². The summed E-state index contributed by atoms with van der Waals surface area (Å²) in [5.41, 5.74) is 0. The molecule has 2 aliphatic rings. The van der Waals surface area contributed by atoms with Crippen LogP contribution >= 0.6 is 0 Å². The van der Waals surface area contributed by atoms with Crippen molar-refractivity contribution in [3.05, 3.63) is 0 Å². The first kappa shape index (κ1) is 12.4. The molecule has 1 saturated heterocycles. The van der Waals surface area contributed by atoms with Gasteiger partial charge in [0.05, 0.1) is 12.0 Å². The highest BCUT2D eigenvalue weighted by atomic mass is 16.2. The second kappa shape index (κ2) is 6.05. The summed E-state index contributed by atoms with van der Waals surface area (Å²) < 4.78 is 0. The Balaban J connectivity index is 1.73. The minimum atomic E-state index is 0.0687. The van der Waals surface area contributed by atoms with Crippen LogP contribution < -0.4 is 0 Å². The molecule has 1 saturated carbocycles. The zero-order valence-corrected chi connectivity index (χ0v) is 10.5. The van der Waals surface area contributed by atoms with Crippen LogP contribution in [0.1, 0.15) is 51.4 Å². The molecule has 1 aliphatic heterocycles. The molecule has 17 heavy (non-hydrogen) atoms. The van der Waals surface area contributed by atoms with E-state index in [1.54, 1.807) is 0 Å². The lowest BCUT2D eigenvalue weighted by atomic mass is 9.98. The molecule has 0 bridgehead atoms. The highest BCUT2D eigenvalue weighted by molar-refractivity contribution is 5.76. The van der Waals surface area contributed by atoms with E-state index in [9.17, 15) is 4.79 Å². The highest BCUT2D eigenvalue weighted by Crippen LogP contribution is 2.29. The van der Waals surface area contributed by atoms with Gasteiger partial charge in [0, 0.05) is 19.5 Å². The zero-order chi connectivity index (χ0) is 12.1. The van der Waals surface area contributed by atoms with E-state index in [1.807, 2.05) is 4.90 Å². The first-order valence-electron chi connectivity index (χ1n) is 6.97. The standard InChI is InChI=1S/C14H22N2O/c15-10-13-6-3-9-16(11-13)14(17)8-7-12-4-1-2-5-12/h12-13H,1-9,11H2. The first-order chi connectivity index (χ1) is 8.29. The number of likely N-dealkylation sites (tertiary alicyclic amines) is 1. The maximum atomic E-state index is 12.0. The van der Waals surface area contributed by atoms with E-state index in [4.69, 9.17) is 5.26 Å². The van der Waals surface area contributed by atoms with Crippen LogP contribution in [-0.2, 0) is 4.79 Å². The smallest absolute Gasteiger partial charge is 0.222 e. The quantitative estimate of drug-likeness (QED) is 0.753. The van der Waals surface area contributed by atoms with Crippen molar-refractivity contribution in [1.82, 2.24) is 4.90 Å². The van der Waals surface area contributed by atoms with Gasteiger partial charge in [-0.2, -0.15) is 5.26 Å². The predicted molar refractivity (Wildman–Crippen MR) is 66.1 cm³/mol. The van der Waals surface area contributed by atoms with Crippen molar-refractivity contribution >= 4 is 5.91 Å². The van der Waals surface area contributed by atoms with E-state index < -0.39 is 0 Å². The average Bonchev–Trinajstić information content (AvgIpc) is 2.89. The Labute approximate surface area is 104 Å². The summed E-state index contributed by atoms with van der Waals surface area (Å²) in [6, 6.07) is 2.29. The van der Waals surface area contributed by atoms with Gasteiger partial charge in [0.2, 0.25) is 5.91 Å². The van der Waals surface area contributed by atoms with Gasteiger partial charge in [0.1, 0.15) is 0 Å². The molecule has 1 aliphatic carbocycles. The van der Waals surface area contributed by atoms with Gasteiger partial charge in [-0.15, -0.1) is 0 Å². The van der Waals surface area contributed by atoms with Crippen molar-refractivity contribution in [3.63, 3.8) is 0 Å². The van der Waals surface area contributed by atoms with Gasteiger partial charge in [0.25, 0.3) is 0 Å². The molecule has 94 valence electrons. The zero-order valence-electron chi connectivity index (χ0n) is 10.5. The Kier molecular flexibility index (Phi) is 4.42. The second-order valence-electron chi connectivity index (χ2n) is 5.50. The molecule has 3 heteroatoms. The van der Waals surface area contributed by atoms with Crippen molar-refractivity contribution in [2.75, 3.05) is 13.1 Å². The molecule has 2 fully saturated rings. The Morgan fingerprint density at radius 2 is 2.00 bits per heavy atom. The van der Waals surface area contributed by atoms with E-state index in [0.29, 0.717) is 13.0 Å². The van der Waals surface area contributed by atoms with Gasteiger partial charge in [-0.25, -0.2) is 0 Å². The lowest BCUT2D eigenvalue weighted by Gasteiger charge is -2.30. The van der Waals surface area contributed by atoms with Gasteiger partial charge in [-0.3, -0.25) is 4.79 Å². The van der Waals surface area contributed by atoms with E-state index in [-0.39, 0.29) is 11.8 Å². The van der Waals surface area contributed by atoms with Crippen molar-refractivity contribution in [1.29, 1.82) is 5.26 Å². The second-order valence-corrected chi connectivity index (χ2v) is 5.50. The molecular weight excluding hydrogens is 212 g/mol. The van der Waals surface area contributed by atoms with E-state index in [0.717, 1.165) is 31.7 Å². The van der Waals surface area contributed by atoms with Gasteiger partial charge in [-0.05, 0) is 25.2 Å². The molecule has 3 nitrogen and oxygen atoms in total. The fraction of sp³-hybridized carbons (Fsp3) is 0.857. The molecule has 1 atom stereocenters. The summed E-state index contributed by atoms with van der Waals surface area (Å²) in [5, 5.41) is 8.91. The molecule has 0 aromatic carbocycles. The third-order valence-electron chi connectivity index (χ3n) is 4.20. The van der Waals surface area contributed by atoms with Crippen molar-refractivity contribution in [2.24, 2.45) is 11.8 Å². The molecule has 2 rings (SSSR count). The van der Waals surface area contributed by atoms with Crippen molar-refractivity contribution < 1.29 is 4.79 Å². The monoisotopic (exact) mass is 234 g/mol. The van der Waals surface area contributed by atoms with Gasteiger partial charge in [-0.1, -0.05) is 25.7 Å². The van der Waals surface area contributed by atoms with Crippen LogP contribution in [0, 0.1) is 23.2 Å². The molecule has 0 spiro atoms. The number of piperidine rings is 1. The van der Waals surface area contributed by atoms with Gasteiger partial charge in [0.15, 0.2) is 0 Å². The van der Waals surface area contributed by atoms with Crippen LogP contribution in [0.25, 0.3) is 0 Å². The number of carbonyl (C=O) groups excluding carboxylic acids is 1. The summed E-state index contributed by atoms with van der Waals surface area (Å²) in [6.45, 7) is 1.53. The number of carbonyl (C=O) groups is 1. The average molecular weight is 234 g/mol. The van der Waals surface area contributed by atoms with E-state index in [1.165, 1.54) is 25.7 Å². The normalized spacial score (nSPS) is 25.8. The Morgan fingerprint density at radius 1 is 1.24 bits per heavy atom. The summed E-state index contributed by atoms with van der Waals surface area (Å²) >= 11 is 0. The molecule has 0 N–H and O–H groups in total. The maximum Gasteiger partial charge on any atom is 0.222 e. The molecule has 1 unspecified atom stereocenters. The topological polar surface area (TPSA) is 44.1 Å². The van der Waals surface area contributed by atoms with Crippen LogP contribution in [0.3, 0.4) is 0 Å². The Bertz CT molecular complexity index is 302. The van der Waals surface area contributed by atoms with Crippen LogP contribution in [0.2, 0.25) is 0 Å². The predicted octanol–water partition coefficient (Wildman–Crippen LogP) is 2.72. The molecule has 0 aromatic heterocycles. The van der Waals surface area contributed by atoms with Crippen molar-refractivity contribution in [3.8, 4) is 6.07 Å². The van der Waals surface area contributed by atoms with Crippen molar-refractivity contribution in [2.45, 2.75) is 51.4 Å². The maximum absolute atomic E-state index is 12.0. The summed E-state index contributed by atoms with van der Waals surface area (Å²) in [7, 11) is 0. The molecule has 0 radical (unpaired) electrons. The fourth-order valence-corrected chi connectivity index (χ4v) is 3.09. The number of amides is 1. The molecule has 1 amide bonds. The highest BCUT2D eigenvalue weighted by Gasteiger charge is 2.24. The number of rotatable bonds is 3. The Morgan fingerprint density at radius 3 is 2.71 bits per heavy atom. The fourth-order valence-electron chi connectivity index (χ4n) is 3.09. The molecule has 1 heterocycles. The number of hydrogen-bond acceptors (Lipinski definition) is 2. The van der Waals surface area contributed by atoms with E-state index in [2.05, 4.69) is 6.07 Å². The summed E-state index contributed by atoms with van der Waals surface area (Å²) in [5.74, 6) is 1.13. The number of nitrogens with zero attached hydrogens (tertiary/aromatic N) is 2. The summed E-state index contributed by atoms with van der Waals surface area (Å²) in [6.07, 6.45) is 9.03. The lowest BCUT2D eigenvalue weighted by molar-refractivity contribution is -0.132. The SMILES string of the molecule is N#CC1CCCN(C(=O)CCC2CCCC2)C1. The molecule has 0 aromatic rings. The van der Waals surface area contributed by atoms with Crippen LogP contribution in [0.5, 0.6) is 0 Å². The number of nitriles is 1. The molecular formula is C14H22N2O. The minimum absolute atomic E-state index is 0.0687. The largest absolute Gasteiger partial charge is 0.341 e. The minimum Gasteiger partial charge on any atom is -0.341 e. The van der Waals surface area contributed by atoms with Gasteiger partial charge < -0.3 is 4.90 Å². The summed E-state index contributed by atoms with van der Waals surface area (Å²) in [4.78, 5) is 13.9. The third-order valence-corrected chi connectivity index (χ3v) is 4.20. The Hall–Kier alpha value is -1.04. The van der Waals surface area contributed by atoms with Crippen LogP contribution in [0.4, 0.5) is 0 Å². The van der Waals surface area contributed by atoms with Gasteiger partial charge >= 0.3 is 0 Å². The third kappa shape index (κ3) is 3.46. The van der Waals surface area contributed by atoms with Crippen LogP contribution in [-0.4, -0.2) is 23.9 Å². The van der Waals surface area contributed by atoms with Crippen LogP contribution in [0.15, 0.2) is 0 Å². The first-order valence-corrected chi connectivity index (χ1v) is 6.97. The lowest BCUT2D eigenvalue weighted by Crippen LogP contribution is -2.39. The number of hydrogen-bond donors (Lipinski definition) is 0.